The summed E-state index contributed by atoms with van der Waals surface area (Å²) >= 11 is 0. The van der Waals surface area contributed by atoms with E-state index in [1.54, 1.807) is 24.3 Å². The summed E-state index contributed by atoms with van der Waals surface area (Å²) in [5.74, 6) is -1.36. The highest BCUT2D eigenvalue weighted by molar-refractivity contribution is 6.19. The maximum atomic E-state index is 11.7. The molecule has 7 nitrogen and oxygen atoms in total. The number of amides is 3. The number of imide groups is 1. The van der Waals surface area contributed by atoms with Crippen LogP contribution in [0.15, 0.2) is 24.3 Å². The molecule has 0 aliphatic carbocycles. The van der Waals surface area contributed by atoms with Crippen LogP contribution >= 0.6 is 0 Å². The van der Waals surface area contributed by atoms with Gasteiger partial charge in [-0.05, 0) is 49.5 Å². The second kappa shape index (κ2) is 6.37. The van der Waals surface area contributed by atoms with Crippen LogP contribution in [0.1, 0.15) is 12.0 Å². The van der Waals surface area contributed by atoms with Crippen LogP contribution in [0.5, 0.6) is 0 Å². The molecule has 1 aromatic rings. The topological polar surface area (TPSA) is 98.7 Å². The first-order chi connectivity index (χ1) is 11.1. The van der Waals surface area contributed by atoms with Gasteiger partial charge in [0.05, 0.1) is 18.2 Å². The van der Waals surface area contributed by atoms with Crippen LogP contribution in [0, 0.1) is 11.8 Å². The van der Waals surface area contributed by atoms with E-state index in [9.17, 15) is 19.5 Å². The van der Waals surface area contributed by atoms with Crippen molar-refractivity contribution in [3.8, 4) is 0 Å². The fourth-order valence-corrected chi connectivity index (χ4v) is 3.19. The SMILES string of the molecule is O=C(O)[C@@H](Cc1ccc(N2C(=O)CNC2=O)cc1)[C@H]1CCNC1. The Kier molecular flexibility index (Phi) is 4.29. The highest BCUT2D eigenvalue weighted by Crippen LogP contribution is 2.25. The minimum absolute atomic E-state index is 0.0103. The summed E-state index contributed by atoms with van der Waals surface area (Å²) in [5.41, 5.74) is 1.39. The van der Waals surface area contributed by atoms with Gasteiger partial charge in [-0.1, -0.05) is 12.1 Å². The Balaban J connectivity index is 1.72. The number of hydrogen-bond donors (Lipinski definition) is 3. The standard InChI is InChI=1S/C16H19N3O4/c20-14-9-18-16(23)19(14)12-3-1-10(2-4-12)7-13(15(21)22)11-5-6-17-8-11/h1-4,11,13,17H,5-9H2,(H,18,23)(H,21,22)/t11-,13-/m0/s1. The minimum atomic E-state index is -0.781. The van der Waals surface area contributed by atoms with Gasteiger partial charge in [0.1, 0.15) is 0 Å². The van der Waals surface area contributed by atoms with Crippen LogP contribution in [0.3, 0.4) is 0 Å². The van der Waals surface area contributed by atoms with Crippen LogP contribution < -0.4 is 15.5 Å². The van der Waals surface area contributed by atoms with Gasteiger partial charge in [-0.2, -0.15) is 0 Å². The van der Waals surface area contributed by atoms with E-state index < -0.39 is 17.9 Å². The maximum Gasteiger partial charge on any atom is 0.329 e. The van der Waals surface area contributed by atoms with Crippen LogP contribution in [-0.2, 0) is 16.0 Å². The van der Waals surface area contributed by atoms with Gasteiger partial charge in [0.15, 0.2) is 0 Å². The Bertz CT molecular complexity index is 607. The smallest absolute Gasteiger partial charge is 0.329 e. The zero-order chi connectivity index (χ0) is 16.4. The van der Waals surface area contributed by atoms with E-state index in [1.807, 2.05) is 0 Å². The second-order valence-corrected chi connectivity index (χ2v) is 5.96. The monoisotopic (exact) mass is 317 g/mol. The molecule has 0 aromatic heterocycles. The lowest BCUT2D eigenvalue weighted by Crippen LogP contribution is -2.30. The number of aliphatic carboxylic acids is 1. The second-order valence-electron chi connectivity index (χ2n) is 5.96. The van der Waals surface area contributed by atoms with Crippen molar-refractivity contribution in [1.29, 1.82) is 0 Å². The number of nitrogens with zero attached hydrogens (tertiary/aromatic N) is 1. The number of carbonyl (C=O) groups excluding carboxylic acids is 2. The Morgan fingerprint density at radius 2 is 2.04 bits per heavy atom. The predicted octanol–water partition coefficient (Wildman–Crippen LogP) is 0.596. The summed E-state index contributed by atoms with van der Waals surface area (Å²) in [4.78, 5) is 35.9. The molecule has 1 aromatic carbocycles. The van der Waals surface area contributed by atoms with Crippen molar-refractivity contribution < 1.29 is 19.5 Å². The number of hydrogen-bond acceptors (Lipinski definition) is 4. The fourth-order valence-electron chi connectivity index (χ4n) is 3.19. The average Bonchev–Trinajstić information content (AvgIpc) is 3.16. The van der Waals surface area contributed by atoms with Gasteiger partial charge in [-0.25, -0.2) is 9.69 Å². The van der Waals surface area contributed by atoms with E-state index in [4.69, 9.17) is 0 Å². The molecule has 23 heavy (non-hydrogen) atoms. The minimum Gasteiger partial charge on any atom is -0.481 e. The molecule has 3 rings (SSSR count). The molecule has 2 fully saturated rings. The molecule has 7 heteroatoms. The summed E-state index contributed by atoms with van der Waals surface area (Å²) in [6.07, 6.45) is 1.32. The van der Waals surface area contributed by atoms with Crippen LogP contribution in [-0.4, -0.2) is 42.6 Å². The first kappa shape index (κ1) is 15.5. The highest BCUT2D eigenvalue weighted by atomic mass is 16.4. The molecule has 2 heterocycles. The quantitative estimate of drug-likeness (QED) is 0.691. The van der Waals surface area contributed by atoms with Crippen molar-refractivity contribution in [3.63, 3.8) is 0 Å². The number of carbonyl (C=O) groups is 3. The van der Waals surface area contributed by atoms with Gasteiger partial charge in [0.25, 0.3) is 5.91 Å². The first-order valence-corrected chi connectivity index (χ1v) is 7.69. The van der Waals surface area contributed by atoms with Crippen molar-refractivity contribution in [1.82, 2.24) is 10.6 Å². The lowest BCUT2D eigenvalue weighted by Gasteiger charge is -2.19. The lowest BCUT2D eigenvalue weighted by atomic mass is 9.86. The summed E-state index contributed by atoms with van der Waals surface area (Å²) < 4.78 is 0. The molecule has 2 aliphatic rings. The van der Waals surface area contributed by atoms with E-state index in [0.29, 0.717) is 12.1 Å². The van der Waals surface area contributed by atoms with Gasteiger partial charge in [-0.3, -0.25) is 9.59 Å². The van der Waals surface area contributed by atoms with Crippen molar-refractivity contribution >= 4 is 23.6 Å². The van der Waals surface area contributed by atoms with Gasteiger partial charge in [-0.15, -0.1) is 0 Å². The summed E-state index contributed by atoms with van der Waals surface area (Å²) in [6.45, 7) is 1.60. The van der Waals surface area contributed by atoms with E-state index in [0.717, 1.165) is 30.0 Å². The van der Waals surface area contributed by atoms with E-state index in [2.05, 4.69) is 10.6 Å². The number of benzene rings is 1. The molecule has 0 saturated carbocycles. The van der Waals surface area contributed by atoms with E-state index in [-0.39, 0.29) is 18.4 Å². The average molecular weight is 317 g/mol. The molecule has 3 amide bonds. The zero-order valence-corrected chi connectivity index (χ0v) is 12.6. The van der Waals surface area contributed by atoms with E-state index >= 15 is 0 Å². The number of carboxylic acid groups (broad SMARTS) is 1. The van der Waals surface area contributed by atoms with Gasteiger partial charge in [0, 0.05) is 0 Å². The van der Waals surface area contributed by atoms with Gasteiger partial charge < -0.3 is 15.7 Å². The number of urea groups is 1. The normalized spacial score (nSPS) is 22.3. The molecule has 122 valence electrons. The number of rotatable bonds is 5. The molecule has 2 atom stereocenters. The molecule has 0 unspecified atom stereocenters. The molecule has 2 saturated heterocycles. The summed E-state index contributed by atoms with van der Waals surface area (Å²) in [5, 5.41) is 15.1. The number of anilines is 1. The molecule has 2 aliphatic heterocycles. The molecular weight excluding hydrogens is 298 g/mol. The highest BCUT2D eigenvalue weighted by Gasteiger charge is 2.31. The Morgan fingerprint density at radius 1 is 1.30 bits per heavy atom. The largest absolute Gasteiger partial charge is 0.481 e. The predicted molar refractivity (Wildman–Crippen MR) is 83.1 cm³/mol. The lowest BCUT2D eigenvalue weighted by molar-refractivity contribution is -0.143. The third kappa shape index (κ3) is 3.19. The van der Waals surface area contributed by atoms with Crippen LogP contribution in [0.2, 0.25) is 0 Å². The van der Waals surface area contributed by atoms with E-state index in [1.165, 1.54) is 0 Å². The summed E-state index contributed by atoms with van der Waals surface area (Å²) in [7, 11) is 0. The summed E-state index contributed by atoms with van der Waals surface area (Å²) in [6, 6.07) is 6.51. The molecular formula is C16H19N3O4. The van der Waals surface area contributed by atoms with Crippen molar-refractivity contribution in [2.75, 3.05) is 24.5 Å². The maximum absolute atomic E-state index is 11.7. The Morgan fingerprint density at radius 3 is 2.57 bits per heavy atom. The third-order valence-electron chi connectivity index (χ3n) is 4.48. The molecule has 3 N–H and O–H groups in total. The molecule has 0 bridgehead atoms. The van der Waals surface area contributed by atoms with Crippen molar-refractivity contribution in [2.45, 2.75) is 12.8 Å². The zero-order valence-electron chi connectivity index (χ0n) is 12.6. The molecule has 0 spiro atoms. The Hall–Kier alpha value is -2.41. The van der Waals surface area contributed by atoms with Crippen LogP contribution in [0.25, 0.3) is 0 Å². The number of nitrogens with one attached hydrogen (secondary N) is 2. The first-order valence-electron chi connectivity index (χ1n) is 7.69. The van der Waals surface area contributed by atoms with Crippen molar-refractivity contribution in [2.24, 2.45) is 11.8 Å². The Labute approximate surface area is 133 Å². The van der Waals surface area contributed by atoms with Gasteiger partial charge >= 0.3 is 12.0 Å². The van der Waals surface area contributed by atoms with Crippen molar-refractivity contribution in [3.05, 3.63) is 29.8 Å². The van der Waals surface area contributed by atoms with Crippen LogP contribution in [0.4, 0.5) is 10.5 Å². The number of carboxylic acids is 1. The van der Waals surface area contributed by atoms with Gasteiger partial charge in [0.2, 0.25) is 0 Å². The molecule has 0 radical (unpaired) electrons. The third-order valence-corrected chi connectivity index (χ3v) is 4.48. The fraction of sp³-hybridized carbons (Fsp3) is 0.438.